The Labute approximate surface area is 113 Å². The first-order chi connectivity index (χ1) is 7.67. The van der Waals surface area contributed by atoms with E-state index < -0.39 is 17.4 Å². The maximum absolute atomic E-state index is 6.20. The van der Waals surface area contributed by atoms with Crippen molar-refractivity contribution in [3.8, 4) is 0 Å². The molecule has 0 fully saturated rings. The third-order valence-electron chi connectivity index (χ3n) is 3.49. The van der Waals surface area contributed by atoms with E-state index in [1.54, 1.807) is 0 Å². The quantitative estimate of drug-likeness (QED) is 0.628. The van der Waals surface area contributed by atoms with Crippen LogP contribution >= 0.6 is 0 Å². The third kappa shape index (κ3) is 6.33. The van der Waals surface area contributed by atoms with Gasteiger partial charge in [-0.05, 0) is 51.1 Å². The second kappa shape index (κ2) is 7.23. The van der Waals surface area contributed by atoms with Crippen molar-refractivity contribution in [2.45, 2.75) is 77.5 Å². The summed E-state index contributed by atoms with van der Waals surface area (Å²) in [5.41, 5.74) is 0.0589. The summed E-state index contributed by atoms with van der Waals surface area (Å²) in [6.07, 6.45) is 2.17. The van der Waals surface area contributed by atoms with Gasteiger partial charge in [-0.25, -0.2) is 0 Å². The van der Waals surface area contributed by atoms with Gasteiger partial charge in [0, 0.05) is 0 Å². The largest absolute Gasteiger partial charge is 0.456 e. The Hall–Kier alpha value is 0.571. The lowest BCUT2D eigenvalue weighted by molar-refractivity contribution is 0.0844. The molecule has 0 aromatic carbocycles. The Morgan fingerprint density at radius 2 is 1.71 bits per heavy atom. The van der Waals surface area contributed by atoms with Crippen LogP contribution in [0.15, 0.2) is 0 Å². The first kappa shape index (κ1) is 17.6. The Bertz CT molecular complexity index is 216. The van der Waals surface area contributed by atoms with Crippen LogP contribution in [-0.4, -0.2) is 32.7 Å². The van der Waals surface area contributed by atoms with Crippen molar-refractivity contribution in [2.24, 2.45) is 0 Å². The van der Waals surface area contributed by atoms with Gasteiger partial charge in [-0.1, -0.05) is 20.8 Å². The zero-order valence-electron chi connectivity index (χ0n) is 12.8. The zero-order chi connectivity index (χ0) is 13.7. The van der Waals surface area contributed by atoms with E-state index in [-0.39, 0.29) is 5.60 Å². The molecule has 0 bridgehead atoms. The van der Waals surface area contributed by atoms with Crippen LogP contribution in [-0.2, 0) is 8.54 Å². The topological polar surface area (TPSA) is 18.5 Å². The molecule has 0 aliphatic rings. The van der Waals surface area contributed by atoms with Gasteiger partial charge in [-0.15, -0.1) is 0 Å². The average molecular weight is 290 g/mol. The first-order valence-electron chi connectivity index (χ1n) is 6.59. The van der Waals surface area contributed by atoms with Crippen molar-refractivity contribution in [3.05, 3.63) is 0 Å². The van der Waals surface area contributed by atoms with Crippen LogP contribution in [0.1, 0.15) is 40.5 Å². The molecule has 0 aromatic heterocycles. The molecular weight excluding hydrogens is 260 g/mol. The summed E-state index contributed by atoms with van der Waals surface area (Å²) in [6.45, 7) is 18.0. The molecule has 0 saturated heterocycles. The molecule has 0 amide bonds. The Morgan fingerprint density at radius 1 is 1.24 bits per heavy atom. The number of rotatable bonds is 8. The Kier molecular flexibility index (Phi) is 7.47. The van der Waals surface area contributed by atoms with Crippen molar-refractivity contribution < 1.29 is 8.54 Å². The minimum absolute atomic E-state index is 0.0589. The minimum Gasteiger partial charge on any atom is -0.456 e. The number of hydrogen-bond acceptors (Lipinski definition) is 2. The van der Waals surface area contributed by atoms with E-state index in [1.807, 2.05) is 0 Å². The monoisotopic (exact) mass is 289 g/mol. The second-order valence-electron chi connectivity index (χ2n) is 5.71. The third-order valence-corrected chi connectivity index (χ3v) is 12.7. The molecule has 3 radical (unpaired) electrons. The van der Waals surface area contributed by atoms with Gasteiger partial charge in [-0.2, -0.15) is 0 Å². The highest BCUT2D eigenvalue weighted by Crippen LogP contribution is 2.26. The van der Waals surface area contributed by atoms with Crippen LogP contribution in [0.3, 0.4) is 0 Å². The van der Waals surface area contributed by atoms with Crippen LogP contribution < -0.4 is 0 Å². The van der Waals surface area contributed by atoms with Crippen molar-refractivity contribution in [2.75, 3.05) is 0 Å². The van der Waals surface area contributed by atoms with E-state index in [4.69, 9.17) is 8.54 Å². The van der Waals surface area contributed by atoms with Crippen LogP contribution in [0, 0.1) is 0 Å². The molecule has 0 aromatic rings. The van der Waals surface area contributed by atoms with Crippen molar-refractivity contribution in [1.82, 2.24) is 0 Å². The molecule has 2 nitrogen and oxygen atoms in total. The molecule has 0 aliphatic carbocycles. The molecule has 0 rings (SSSR count). The number of hydrogen-bond donors (Lipinski definition) is 0. The van der Waals surface area contributed by atoms with Crippen molar-refractivity contribution >= 4 is 27.1 Å². The van der Waals surface area contributed by atoms with Gasteiger partial charge < -0.3 is 8.54 Å². The fourth-order valence-corrected chi connectivity index (χ4v) is 8.89. The SMILES string of the molecule is CCC(C)(CC)O[Si]C(C)[Si](C)(C)O[Si](C)C. The van der Waals surface area contributed by atoms with Gasteiger partial charge in [0.15, 0.2) is 17.4 Å². The van der Waals surface area contributed by atoms with Crippen LogP contribution in [0.5, 0.6) is 0 Å². The second-order valence-corrected chi connectivity index (χ2v) is 14.3. The maximum Gasteiger partial charge on any atom is 0.232 e. The Morgan fingerprint density at radius 3 is 2.06 bits per heavy atom. The average Bonchev–Trinajstić information content (AvgIpc) is 2.23. The van der Waals surface area contributed by atoms with Gasteiger partial charge in [0.25, 0.3) is 0 Å². The highest BCUT2D eigenvalue weighted by Gasteiger charge is 2.34. The summed E-state index contributed by atoms with van der Waals surface area (Å²) >= 11 is 0. The molecule has 0 saturated carbocycles. The molecule has 1 atom stereocenters. The molecular formula is C12H29O2Si3. The molecule has 17 heavy (non-hydrogen) atoms. The van der Waals surface area contributed by atoms with Gasteiger partial charge in [0.2, 0.25) is 9.76 Å². The summed E-state index contributed by atoms with van der Waals surface area (Å²) in [4.78, 5) is 0. The smallest absolute Gasteiger partial charge is 0.232 e. The first-order valence-corrected chi connectivity index (χ1v) is 13.0. The molecule has 0 heterocycles. The zero-order valence-corrected chi connectivity index (χ0v) is 15.8. The summed E-state index contributed by atoms with van der Waals surface area (Å²) < 4.78 is 12.4. The summed E-state index contributed by atoms with van der Waals surface area (Å²) in [7, 11) is -1.58. The maximum atomic E-state index is 6.20. The lowest BCUT2D eigenvalue weighted by Crippen LogP contribution is -2.43. The highest BCUT2D eigenvalue weighted by atomic mass is 28.4. The van der Waals surface area contributed by atoms with E-state index >= 15 is 0 Å². The predicted molar refractivity (Wildman–Crippen MR) is 81.3 cm³/mol. The van der Waals surface area contributed by atoms with Gasteiger partial charge >= 0.3 is 0 Å². The lowest BCUT2D eigenvalue weighted by Gasteiger charge is -2.34. The fourth-order valence-electron chi connectivity index (χ4n) is 1.38. The van der Waals surface area contributed by atoms with E-state index in [0.29, 0.717) is 14.9 Å². The molecule has 0 aliphatic heterocycles. The fraction of sp³-hybridized carbons (Fsp3) is 1.00. The predicted octanol–water partition coefficient (Wildman–Crippen LogP) is 4.02. The van der Waals surface area contributed by atoms with Crippen LogP contribution in [0.2, 0.25) is 31.4 Å². The Balaban J connectivity index is 4.29. The van der Waals surface area contributed by atoms with Crippen LogP contribution in [0.25, 0.3) is 0 Å². The van der Waals surface area contributed by atoms with E-state index in [2.05, 4.69) is 53.9 Å². The van der Waals surface area contributed by atoms with Gasteiger partial charge in [-0.3, -0.25) is 0 Å². The van der Waals surface area contributed by atoms with Gasteiger partial charge in [0.1, 0.15) is 0 Å². The standard InChI is InChI=1S/C12H29O2Si3/c1-9-12(4,10-2)13-15-11(3)17(7,8)14-16(5)6/h11H,9-10H2,1-8H3. The van der Waals surface area contributed by atoms with Crippen molar-refractivity contribution in [3.63, 3.8) is 0 Å². The highest BCUT2D eigenvalue weighted by molar-refractivity contribution is 6.84. The molecule has 0 N–H and O–H groups in total. The van der Waals surface area contributed by atoms with Crippen LogP contribution in [0.4, 0.5) is 0 Å². The summed E-state index contributed by atoms with van der Waals surface area (Å²) in [6, 6.07) is 0. The minimum atomic E-state index is -1.56. The summed E-state index contributed by atoms with van der Waals surface area (Å²) in [5.74, 6) is 0. The normalized spacial score (nSPS) is 15.4. The molecule has 101 valence electrons. The molecule has 5 heteroatoms. The molecule has 1 unspecified atom stereocenters. The van der Waals surface area contributed by atoms with E-state index in [0.717, 1.165) is 12.8 Å². The van der Waals surface area contributed by atoms with Crippen molar-refractivity contribution in [1.29, 1.82) is 0 Å². The summed E-state index contributed by atoms with van der Waals surface area (Å²) in [5, 5.41) is 0.583. The van der Waals surface area contributed by atoms with Gasteiger partial charge in [0.05, 0.1) is 5.60 Å². The lowest BCUT2D eigenvalue weighted by atomic mass is 10.0. The molecule has 0 spiro atoms. The van der Waals surface area contributed by atoms with E-state index in [9.17, 15) is 0 Å². The van der Waals surface area contributed by atoms with E-state index in [1.165, 1.54) is 0 Å².